The second-order valence-electron chi connectivity index (χ2n) is 8.63. The number of carbonyl (C=O) groups excluding carboxylic acids is 1. The highest BCUT2D eigenvalue weighted by Gasteiger charge is 2.46. The number of halogens is 1. The predicted octanol–water partition coefficient (Wildman–Crippen LogP) is 8.04. The molecule has 0 unspecified atom stereocenters. The predicted molar refractivity (Wildman–Crippen MR) is 141 cm³/mol. The molecular formula is C32H21BrO. The van der Waals surface area contributed by atoms with E-state index in [9.17, 15) is 4.79 Å². The first-order valence-electron chi connectivity index (χ1n) is 11.4. The minimum Gasteiger partial charge on any atom is -0.289 e. The molecule has 0 atom stereocenters. The summed E-state index contributed by atoms with van der Waals surface area (Å²) in [4.78, 5) is 13.9. The van der Waals surface area contributed by atoms with Crippen molar-refractivity contribution in [2.45, 2.75) is 5.41 Å². The van der Waals surface area contributed by atoms with E-state index in [2.05, 4.69) is 101 Å². The Bertz CT molecular complexity index is 1480. The van der Waals surface area contributed by atoms with Crippen molar-refractivity contribution >= 4 is 21.7 Å². The highest BCUT2D eigenvalue weighted by atomic mass is 79.9. The van der Waals surface area contributed by atoms with Gasteiger partial charge in [-0.15, -0.1) is 0 Å². The third kappa shape index (κ3) is 3.10. The summed E-state index contributed by atoms with van der Waals surface area (Å²) in [7, 11) is 0. The van der Waals surface area contributed by atoms with Crippen LogP contribution < -0.4 is 0 Å². The average molecular weight is 501 g/mol. The third-order valence-electron chi connectivity index (χ3n) is 6.82. The van der Waals surface area contributed by atoms with Crippen LogP contribution in [0.25, 0.3) is 11.1 Å². The van der Waals surface area contributed by atoms with Crippen LogP contribution in [0.1, 0.15) is 38.2 Å². The summed E-state index contributed by atoms with van der Waals surface area (Å²) in [5.41, 5.74) is 7.38. The maximum Gasteiger partial charge on any atom is 0.193 e. The van der Waals surface area contributed by atoms with Crippen molar-refractivity contribution in [1.29, 1.82) is 0 Å². The van der Waals surface area contributed by atoms with Crippen LogP contribution >= 0.6 is 15.9 Å². The molecule has 5 aromatic rings. The van der Waals surface area contributed by atoms with Crippen molar-refractivity contribution in [2.24, 2.45) is 0 Å². The number of hydrogen-bond acceptors (Lipinski definition) is 1. The fraction of sp³-hybridized carbons (Fsp3) is 0.0312. The Morgan fingerprint density at radius 1 is 0.500 bits per heavy atom. The number of benzene rings is 5. The van der Waals surface area contributed by atoms with E-state index >= 15 is 0 Å². The lowest BCUT2D eigenvalue weighted by atomic mass is 9.59. The van der Waals surface area contributed by atoms with Crippen molar-refractivity contribution in [3.05, 3.63) is 165 Å². The quantitative estimate of drug-likeness (QED) is 0.240. The molecule has 34 heavy (non-hydrogen) atoms. The lowest BCUT2D eigenvalue weighted by Gasteiger charge is -2.41. The normalized spacial score (nSPS) is 13.7. The molecule has 0 saturated heterocycles. The average Bonchev–Trinajstić information content (AvgIpc) is 2.90. The fourth-order valence-corrected chi connectivity index (χ4v) is 5.77. The van der Waals surface area contributed by atoms with E-state index in [1.54, 1.807) is 0 Å². The van der Waals surface area contributed by atoms with Gasteiger partial charge >= 0.3 is 0 Å². The molecule has 1 nitrogen and oxygen atoms in total. The summed E-state index contributed by atoms with van der Waals surface area (Å²) in [6.45, 7) is 0. The van der Waals surface area contributed by atoms with Crippen LogP contribution in [0.4, 0.5) is 0 Å². The highest BCUT2D eigenvalue weighted by molar-refractivity contribution is 9.10. The third-order valence-corrected chi connectivity index (χ3v) is 7.31. The van der Waals surface area contributed by atoms with Gasteiger partial charge < -0.3 is 0 Å². The van der Waals surface area contributed by atoms with Gasteiger partial charge in [0.2, 0.25) is 0 Å². The zero-order valence-corrected chi connectivity index (χ0v) is 20.0. The Labute approximate surface area is 207 Å². The van der Waals surface area contributed by atoms with Gasteiger partial charge in [0.25, 0.3) is 0 Å². The monoisotopic (exact) mass is 500 g/mol. The molecule has 162 valence electrons. The topological polar surface area (TPSA) is 17.1 Å². The molecule has 0 aromatic heterocycles. The zero-order chi connectivity index (χ0) is 23.1. The highest BCUT2D eigenvalue weighted by Crippen LogP contribution is 2.51. The van der Waals surface area contributed by atoms with E-state index in [4.69, 9.17) is 0 Å². The summed E-state index contributed by atoms with van der Waals surface area (Å²) in [6, 6.07) is 43.7. The maximum absolute atomic E-state index is 13.9. The first-order valence-corrected chi connectivity index (χ1v) is 12.1. The van der Waals surface area contributed by atoms with Crippen molar-refractivity contribution in [3.63, 3.8) is 0 Å². The Kier molecular flexibility index (Phi) is 5.04. The molecule has 0 saturated carbocycles. The van der Waals surface area contributed by atoms with Gasteiger partial charge in [-0.3, -0.25) is 4.79 Å². The molecule has 6 rings (SSSR count). The van der Waals surface area contributed by atoms with E-state index in [1.807, 2.05) is 42.5 Å². The molecule has 0 N–H and O–H groups in total. The van der Waals surface area contributed by atoms with Gasteiger partial charge in [-0.25, -0.2) is 0 Å². The molecular weight excluding hydrogens is 480 g/mol. The largest absolute Gasteiger partial charge is 0.289 e. The van der Waals surface area contributed by atoms with E-state index < -0.39 is 5.41 Å². The van der Waals surface area contributed by atoms with Crippen LogP contribution in [0, 0.1) is 0 Å². The van der Waals surface area contributed by atoms with Crippen LogP contribution in [-0.2, 0) is 5.41 Å². The minimum atomic E-state index is -0.585. The molecule has 0 aliphatic heterocycles. The molecule has 0 spiro atoms. The zero-order valence-electron chi connectivity index (χ0n) is 18.4. The SMILES string of the molecule is O=C1c2ccccc2C(c2ccccc2)(c2ccccc2)c2ccc(-c3cccc(Br)c3)cc21. The van der Waals surface area contributed by atoms with Crippen LogP contribution in [0.2, 0.25) is 0 Å². The van der Waals surface area contributed by atoms with Gasteiger partial charge in [-0.1, -0.05) is 125 Å². The molecule has 0 radical (unpaired) electrons. The molecule has 5 aromatic carbocycles. The second kappa shape index (κ2) is 8.23. The number of ketones is 1. The Hall–Kier alpha value is -3.75. The summed E-state index contributed by atoms with van der Waals surface area (Å²) >= 11 is 3.58. The standard InChI is InChI=1S/C32H21BrO/c33-26-15-9-10-22(20-26)23-18-19-30-28(21-23)31(34)27-16-7-8-17-29(27)32(30,24-11-3-1-4-12-24)25-13-5-2-6-14-25/h1-21H. The Morgan fingerprint density at radius 2 is 1.09 bits per heavy atom. The van der Waals surface area contributed by atoms with Gasteiger partial charge in [-0.05, 0) is 51.6 Å². The van der Waals surface area contributed by atoms with Crippen molar-refractivity contribution in [3.8, 4) is 11.1 Å². The molecule has 0 fully saturated rings. The maximum atomic E-state index is 13.9. The van der Waals surface area contributed by atoms with Crippen molar-refractivity contribution < 1.29 is 4.79 Å². The van der Waals surface area contributed by atoms with Crippen LogP contribution in [0.15, 0.2) is 132 Å². The lowest BCUT2D eigenvalue weighted by molar-refractivity contribution is 0.103. The van der Waals surface area contributed by atoms with E-state index in [0.29, 0.717) is 0 Å². The summed E-state index contributed by atoms with van der Waals surface area (Å²) in [5.74, 6) is 0.0740. The summed E-state index contributed by atoms with van der Waals surface area (Å²) in [5, 5.41) is 0. The van der Waals surface area contributed by atoms with Crippen molar-refractivity contribution in [2.75, 3.05) is 0 Å². The first kappa shape index (κ1) is 20.8. The Morgan fingerprint density at radius 3 is 1.76 bits per heavy atom. The molecule has 0 amide bonds. The molecule has 1 aliphatic carbocycles. The number of rotatable bonds is 3. The van der Waals surface area contributed by atoms with Crippen LogP contribution in [0.5, 0.6) is 0 Å². The lowest BCUT2D eigenvalue weighted by Crippen LogP contribution is -2.38. The van der Waals surface area contributed by atoms with Crippen LogP contribution in [0.3, 0.4) is 0 Å². The smallest absolute Gasteiger partial charge is 0.193 e. The fourth-order valence-electron chi connectivity index (χ4n) is 5.37. The van der Waals surface area contributed by atoms with Gasteiger partial charge in [0.05, 0.1) is 5.41 Å². The molecule has 0 heterocycles. The first-order chi connectivity index (χ1) is 16.7. The summed E-state index contributed by atoms with van der Waals surface area (Å²) in [6.07, 6.45) is 0. The van der Waals surface area contributed by atoms with Gasteiger partial charge in [-0.2, -0.15) is 0 Å². The van der Waals surface area contributed by atoms with E-state index in [-0.39, 0.29) is 5.78 Å². The summed E-state index contributed by atoms with van der Waals surface area (Å²) < 4.78 is 1.02. The molecule has 0 bridgehead atoms. The van der Waals surface area contributed by atoms with Gasteiger partial charge in [0, 0.05) is 15.6 Å². The van der Waals surface area contributed by atoms with Gasteiger partial charge in [0.1, 0.15) is 0 Å². The van der Waals surface area contributed by atoms with Gasteiger partial charge in [0.15, 0.2) is 5.78 Å². The molecule has 1 aliphatic rings. The van der Waals surface area contributed by atoms with E-state index in [1.165, 1.54) is 0 Å². The van der Waals surface area contributed by atoms with Crippen LogP contribution in [-0.4, -0.2) is 5.78 Å². The second-order valence-corrected chi connectivity index (χ2v) is 9.54. The number of carbonyl (C=O) groups is 1. The number of fused-ring (bicyclic) bond motifs is 2. The minimum absolute atomic E-state index is 0.0740. The number of hydrogen-bond donors (Lipinski definition) is 0. The Balaban J connectivity index is 1.73. The molecule has 2 heteroatoms. The van der Waals surface area contributed by atoms with E-state index in [0.717, 1.165) is 49.0 Å². The van der Waals surface area contributed by atoms with Crippen molar-refractivity contribution in [1.82, 2.24) is 0 Å².